The predicted octanol–water partition coefficient (Wildman–Crippen LogP) is 1.91. The van der Waals surface area contributed by atoms with Gasteiger partial charge in [-0.1, -0.05) is 13.8 Å². The van der Waals surface area contributed by atoms with Crippen LogP contribution in [0.2, 0.25) is 0 Å². The van der Waals surface area contributed by atoms with Crippen LogP contribution in [0.5, 0.6) is 0 Å². The summed E-state index contributed by atoms with van der Waals surface area (Å²) in [5.41, 5.74) is 0.232. The number of fused-ring (bicyclic) bond motifs is 2. The minimum atomic E-state index is 0.232. The zero-order chi connectivity index (χ0) is 14.4. The van der Waals surface area contributed by atoms with Gasteiger partial charge in [0, 0.05) is 36.9 Å². The summed E-state index contributed by atoms with van der Waals surface area (Å²) in [5.74, 6) is 2.96. The van der Waals surface area contributed by atoms with E-state index in [1.54, 1.807) is 0 Å². The summed E-state index contributed by atoms with van der Waals surface area (Å²) in [5, 5.41) is 12.5. The van der Waals surface area contributed by atoms with Gasteiger partial charge in [-0.05, 0) is 25.7 Å². The van der Waals surface area contributed by atoms with Crippen molar-refractivity contribution < 1.29 is 4.74 Å². The number of aromatic nitrogens is 3. The van der Waals surface area contributed by atoms with Gasteiger partial charge in [0.05, 0.1) is 12.6 Å². The lowest BCUT2D eigenvalue weighted by atomic mass is 9.55. The average molecular weight is 290 g/mol. The number of nitrogens with zero attached hydrogens (tertiary/aromatic N) is 3. The molecule has 5 nitrogen and oxygen atoms in total. The minimum absolute atomic E-state index is 0.232. The molecule has 0 aromatic carbocycles. The molecule has 1 aromatic rings. The lowest BCUT2D eigenvalue weighted by Crippen LogP contribution is -2.69. The smallest absolute Gasteiger partial charge is 0.147 e. The highest BCUT2D eigenvalue weighted by atomic mass is 16.5. The number of rotatable bonds is 3. The Morgan fingerprint density at radius 1 is 1.29 bits per heavy atom. The van der Waals surface area contributed by atoms with Crippen molar-refractivity contribution in [3.05, 3.63) is 11.6 Å². The van der Waals surface area contributed by atoms with E-state index in [1.165, 1.54) is 31.5 Å². The second-order valence-corrected chi connectivity index (χ2v) is 7.42. The Morgan fingerprint density at radius 2 is 2.19 bits per heavy atom. The molecule has 2 aliphatic heterocycles. The topological polar surface area (TPSA) is 52.0 Å². The first-order valence-corrected chi connectivity index (χ1v) is 8.44. The van der Waals surface area contributed by atoms with Gasteiger partial charge in [-0.15, -0.1) is 10.2 Å². The van der Waals surface area contributed by atoms with E-state index in [1.807, 2.05) is 0 Å². The van der Waals surface area contributed by atoms with Crippen LogP contribution in [0.15, 0.2) is 0 Å². The number of hydrogen-bond acceptors (Lipinski definition) is 4. The second-order valence-electron chi connectivity index (χ2n) is 7.42. The molecule has 3 atom stereocenters. The largest absolute Gasteiger partial charge is 0.377 e. The summed E-state index contributed by atoms with van der Waals surface area (Å²) >= 11 is 0. The molecule has 0 spiro atoms. The summed E-state index contributed by atoms with van der Waals surface area (Å²) in [6.45, 7) is 7.52. The van der Waals surface area contributed by atoms with E-state index in [0.29, 0.717) is 18.1 Å². The van der Waals surface area contributed by atoms with Crippen molar-refractivity contribution in [3.8, 4) is 0 Å². The summed E-state index contributed by atoms with van der Waals surface area (Å²) in [7, 11) is 0. The van der Waals surface area contributed by atoms with E-state index in [2.05, 4.69) is 33.9 Å². The third-order valence-electron chi connectivity index (χ3n) is 5.75. The first kappa shape index (κ1) is 13.7. The van der Waals surface area contributed by atoms with Crippen molar-refractivity contribution in [1.82, 2.24) is 20.1 Å². The molecule has 5 heteroatoms. The fourth-order valence-electron chi connectivity index (χ4n) is 4.64. The molecule has 0 radical (unpaired) electrons. The Balaban J connectivity index is 1.44. The molecule has 2 fully saturated rings. The average Bonchev–Trinajstić information content (AvgIpc) is 2.91. The quantitative estimate of drug-likeness (QED) is 0.924. The Hall–Kier alpha value is -0.940. The highest BCUT2D eigenvalue weighted by molar-refractivity contribution is 5.11. The summed E-state index contributed by atoms with van der Waals surface area (Å²) in [6, 6.07) is 0.541. The zero-order valence-corrected chi connectivity index (χ0v) is 13.1. The highest BCUT2D eigenvalue weighted by Crippen LogP contribution is 2.51. The van der Waals surface area contributed by atoms with Gasteiger partial charge in [0.15, 0.2) is 0 Å². The fourth-order valence-corrected chi connectivity index (χ4v) is 4.64. The Morgan fingerprint density at radius 3 is 3.10 bits per heavy atom. The molecular weight excluding hydrogens is 264 g/mol. The molecular formula is C16H26N4O. The van der Waals surface area contributed by atoms with Gasteiger partial charge in [-0.3, -0.25) is 0 Å². The van der Waals surface area contributed by atoms with Crippen LogP contribution in [-0.4, -0.2) is 33.5 Å². The van der Waals surface area contributed by atoms with Crippen LogP contribution >= 0.6 is 0 Å². The summed E-state index contributed by atoms with van der Waals surface area (Å²) < 4.78 is 8.29. The zero-order valence-electron chi connectivity index (χ0n) is 13.1. The van der Waals surface area contributed by atoms with Crippen molar-refractivity contribution in [2.24, 2.45) is 11.3 Å². The molecule has 1 aliphatic carbocycles. The van der Waals surface area contributed by atoms with E-state index in [-0.39, 0.29) is 5.41 Å². The molecule has 4 rings (SSSR count). The summed E-state index contributed by atoms with van der Waals surface area (Å²) in [6.07, 6.45) is 6.53. The Bertz CT molecular complexity index is 524. The number of nitrogens with one attached hydrogen (secondary N) is 1. The van der Waals surface area contributed by atoms with Gasteiger partial charge in [0.25, 0.3) is 0 Å². The van der Waals surface area contributed by atoms with Crippen molar-refractivity contribution in [2.45, 2.75) is 71.2 Å². The van der Waals surface area contributed by atoms with Crippen LogP contribution in [-0.2, 0) is 24.2 Å². The van der Waals surface area contributed by atoms with Gasteiger partial charge in [0.2, 0.25) is 0 Å². The van der Waals surface area contributed by atoms with E-state index >= 15 is 0 Å². The van der Waals surface area contributed by atoms with Crippen molar-refractivity contribution in [1.29, 1.82) is 0 Å². The van der Waals surface area contributed by atoms with Crippen LogP contribution in [0.25, 0.3) is 0 Å². The molecule has 0 amide bonds. The molecule has 1 saturated carbocycles. The van der Waals surface area contributed by atoms with Crippen molar-refractivity contribution in [2.75, 3.05) is 6.61 Å². The van der Waals surface area contributed by atoms with Crippen LogP contribution in [0.4, 0.5) is 0 Å². The first-order valence-electron chi connectivity index (χ1n) is 8.44. The molecule has 3 heterocycles. The lowest BCUT2D eigenvalue weighted by Gasteiger charge is -2.60. The maximum Gasteiger partial charge on any atom is 0.147 e. The van der Waals surface area contributed by atoms with Gasteiger partial charge >= 0.3 is 0 Å². The molecule has 116 valence electrons. The van der Waals surface area contributed by atoms with Crippen LogP contribution in [0.3, 0.4) is 0 Å². The standard InChI is InChI=1S/C16H26N4O/c1-16(2)14(11-6-5-9-21-15(11)16)17-10-13-19-18-12-7-3-4-8-20(12)13/h11,14-15,17H,3-10H2,1-2H3/t11-,14+,15+/m0/s1. The first-order chi connectivity index (χ1) is 10.2. The maximum atomic E-state index is 5.98. The molecule has 0 bridgehead atoms. The fraction of sp³-hybridized carbons (Fsp3) is 0.875. The minimum Gasteiger partial charge on any atom is -0.377 e. The van der Waals surface area contributed by atoms with Gasteiger partial charge < -0.3 is 14.6 Å². The summed E-state index contributed by atoms with van der Waals surface area (Å²) in [4.78, 5) is 0. The van der Waals surface area contributed by atoms with Gasteiger partial charge in [-0.2, -0.15) is 0 Å². The van der Waals surface area contributed by atoms with E-state index in [0.717, 1.165) is 31.9 Å². The van der Waals surface area contributed by atoms with Gasteiger partial charge in [-0.25, -0.2) is 0 Å². The molecule has 1 saturated heterocycles. The monoisotopic (exact) mass is 290 g/mol. The molecule has 0 unspecified atom stereocenters. The predicted molar refractivity (Wildman–Crippen MR) is 79.8 cm³/mol. The third kappa shape index (κ3) is 2.13. The van der Waals surface area contributed by atoms with Crippen LogP contribution in [0.1, 0.15) is 51.2 Å². The SMILES string of the molecule is CC1(C)[C@H](NCc2nnc3n2CCCC3)[C@@H]2CCCO[C@H]21. The molecule has 1 aromatic heterocycles. The van der Waals surface area contributed by atoms with E-state index < -0.39 is 0 Å². The highest BCUT2D eigenvalue weighted by Gasteiger charge is 2.57. The van der Waals surface area contributed by atoms with Crippen LogP contribution in [0, 0.1) is 11.3 Å². The lowest BCUT2D eigenvalue weighted by molar-refractivity contribution is -0.193. The Labute approximate surface area is 126 Å². The van der Waals surface area contributed by atoms with Gasteiger partial charge in [0.1, 0.15) is 11.6 Å². The maximum absolute atomic E-state index is 5.98. The van der Waals surface area contributed by atoms with Crippen molar-refractivity contribution >= 4 is 0 Å². The van der Waals surface area contributed by atoms with Crippen molar-refractivity contribution in [3.63, 3.8) is 0 Å². The Kier molecular flexibility index (Phi) is 3.30. The molecule has 3 aliphatic rings. The van der Waals surface area contributed by atoms with Crippen LogP contribution < -0.4 is 5.32 Å². The number of aryl methyl sites for hydroxylation is 1. The normalized spacial score (nSPS) is 33.9. The molecule has 1 N–H and O–H groups in total. The van der Waals surface area contributed by atoms with E-state index in [9.17, 15) is 0 Å². The number of hydrogen-bond donors (Lipinski definition) is 1. The molecule has 21 heavy (non-hydrogen) atoms. The number of ether oxygens (including phenoxy) is 1. The third-order valence-corrected chi connectivity index (χ3v) is 5.75. The van der Waals surface area contributed by atoms with E-state index in [4.69, 9.17) is 4.74 Å². The second kappa shape index (κ2) is 5.06.